The summed E-state index contributed by atoms with van der Waals surface area (Å²) in [5, 5.41) is 26.2. The number of aromatic hydroxyl groups is 1. The fourth-order valence-electron chi connectivity index (χ4n) is 2.38. The molecule has 1 amide bonds. The van der Waals surface area contributed by atoms with Gasteiger partial charge in [-0.05, 0) is 31.4 Å². The van der Waals surface area contributed by atoms with Crippen LogP contribution in [0, 0.1) is 5.82 Å². The number of hydrogen-bond acceptors (Lipinski definition) is 4. The lowest BCUT2D eigenvalue weighted by Gasteiger charge is -2.36. The van der Waals surface area contributed by atoms with E-state index in [0.29, 0.717) is 12.8 Å². The maximum absolute atomic E-state index is 13.7. The summed E-state index contributed by atoms with van der Waals surface area (Å²) in [6, 6.07) is 5.92. The summed E-state index contributed by atoms with van der Waals surface area (Å²) in [6.45, 7) is 0.109. The van der Waals surface area contributed by atoms with Gasteiger partial charge in [0.15, 0.2) is 11.4 Å². The number of nitrogens with one attached hydrogen (secondary N) is 1. The van der Waals surface area contributed by atoms with Gasteiger partial charge in [0.25, 0.3) is 5.91 Å². The molecule has 0 atom stereocenters. The number of aromatic nitrogens is 2. The molecule has 0 unspecified atom stereocenters. The maximum atomic E-state index is 13.7. The van der Waals surface area contributed by atoms with Crippen molar-refractivity contribution in [2.24, 2.45) is 0 Å². The first kappa shape index (κ1) is 14.5. The highest BCUT2D eigenvalue weighted by Crippen LogP contribution is 2.30. The van der Waals surface area contributed by atoms with Crippen LogP contribution in [0.3, 0.4) is 0 Å². The van der Waals surface area contributed by atoms with Crippen LogP contribution in [0.25, 0.3) is 5.69 Å². The molecule has 1 aliphatic rings. The molecule has 2 aromatic rings. The van der Waals surface area contributed by atoms with E-state index >= 15 is 0 Å². The highest BCUT2D eigenvalue weighted by molar-refractivity contribution is 5.94. The van der Waals surface area contributed by atoms with Gasteiger partial charge in [-0.25, -0.2) is 9.07 Å². The van der Waals surface area contributed by atoms with Gasteiger partial charge in [-0.2, -0.15) is 5.10 Å². The van der Waals surface area contributed by atoms with E-state index in [0.717, 1.165) is 11.1 Å². The van der Waals surface area contributed by atoms with Gasteiger partial charge in [0.2, 0.25) is 0 Å². The Morgan fingerprint density at radius 2 is 2.14 bits per heavy atom. The van der Waals surface area contributed by atoms with E-state index < -0.39 is 17.3 Å². The lowest BCUT2D eigenvalue weighted by molar-refractivity contribution is -0.0301. The zero-order valence-electron chi connectivity index (χ0n) is 11.8. The molecule has 1 saturated carbocycles. The Kier molecular flexibility index (Phi) is 3.58. The second-order valence-corrected chi connectivity index (χ2v) is 5.52. The molecule has 0 saturated heterocycles. The van der Waals surface area contributed by atoms with E-state index in [1.807, 2.05) is 0 Å². The minimum Gasteiger partial charge on any atom is -0.504 e. The van der Waals surface area contributed by atoms with Crippen LogP contribution in [-0.2, 0) is 0 Å². The number of aliphatic hydroxyl groups is 1. The van der Waals surface area contributed by atoms with Crippen molar-refractivity contribution in [3.63, 3.8) is 0 Å². The Morgan fingerprint density at radius 3 is 2.77 bits per heavy atom. The summed E-state index contributed by atoms with van der Waals surface area (Å²) >= 11 is 0. The van der Waals surface area contributed by atoms with E-state index in [2.05, 4.69) is 10.4 Å². The Hall–Kier alpha value is -2.41. The predicted octanol–water partition coefficient (Wildman–Crippen LogP) is 1.36. The monoisotopic (exact) mass is 305 g/mol. The van der Waals surface area contributed by atoms with Gasteiger partial charge in [0.05, 0.1) is 11.8 Å². The van der Waals surface area contributed by atoms with Crippen LogP contribution in [0.5, 0.6) is 5.75 Å². The van der Waals surface area contributed by atoms with Crippen LogP contribution in [0.1, 0.15) is 29.8 Å². The topological polar surface area (TPSA) is 87.4 Å². The van der Waals surface area contributed by atoms with Gasteiger partial charge in [-0.1, -0.05) is 12.1 Å². The summed E-state index contributed by atoms with van der Waals surface area (Å²) in [4.78, 5) is 12.0. The van der Waals surface area contributed by atoms with Crippen molar-refractivity contribution in [1.82, 2.24) is 15.1 Å². The largest absolute Gasteiger partial charge is 0.504 e. The van der Waals surface area contributed by atoms with Gasteiger partial charge in [-0.15, -0.1) is 0 Å². The molecule has 22 heavy (non-hydrogen) atoms. The number of nitrogens with zero attached hydrogens (tertiary/aromatic N) is 2. The zero-order chi connectivity index (χ0) is 15.7. The molecule has 1 aliphatic carbocycles. The molecule has 0 bridgehead atoms. The first-order valence-corrected chi connectivity index (χ1v) is 7.03. The van der Waals surface area contributed by atoms with Crippen LogP contribution in [0.4, 0.5) is 4.39 Å². The minimum absolute atomic E-state index is 0.109. The summed E-state index contributed by atoms with van der Waals surface area (Å²) in [6.07, 6.45) is 3.39. The van der Waals surface area contributed by atoms with E-state index in [1.165, 1.54) is 24.4 Å². The van der Waals surface area contributed by atoms with Crippen molar-refractivity contribution in [2.75, 3.05) is 6.54 Å². The summed E-state index contributed by atoms with van der Waals surface area (Å²) in [5.74, 6) is -1.46. The first-order chi connectivity index (χ1) is 10.5. The zero-order valence-corrected chi connectivity index (χ0v) is 11.8. The molecule has 3 N–H and O–H groups in total. The third kappa shape index (κ3) is 2.67. The number of amides is 1. The number of halogens is 1. The van der Waals surface area contributed by atoms with E-state index in [-0.39, 0.29) is 23.7 Å². The second kappa shape index (κ2) is 5.42. The van der Waals surface area contributed by atoms with Gasteiger partial charge in [0.1, 0.15) is 11.5 Å². The smallest absolute Gasteiger partial charge is 0.275 e. The molecule has 1 heterocycles. The second-order valence-electron chi connectivity index (χ2n) is 5.52. The minimum atomic E-state index is -0.862. The maximum Gasteiger partial charge on any atom is 0.275 e. The number of benzene rings is 1. The average Bonchev–Trinajstić information content (AvgIpc) is 2.85. The van der Waals surface area contributed by atoms with Crippen molar-refractivity contribution >= 4 is 5.91 Å². The molecule has 7 heteroatoms. The third-order valence-electron chi connectivity index (χ3n) is 3.87. The fourth-order valence-corrected chi connectivity index (χ4v) is 2.38. The SMILES string of the molecule is O=C(NCC1(O)CCC1)c1nn(-c2ccccc2F)cc1O. The molecule has 0 radical (unpaired) electrons. The van der Waals surface area contributed by atoms with Crippen molar-refractivity contribution in [3.05, 3.63) is 42.0 Å². The van der Waals surface area contributed by atoms with Crippen LogP contribution >= 0.6 is 0 Å². The highest BCUT2D eigenvalue weighted by atomic mass is 19.1. The van der Waals surface area contributed by atoms with Crippen molar-refractivity contribution in [2.45, 2.75) is 24.9 Å². The van der Waals surface area contributed by atoms with Gasteiger partial charge >= 0.3 is 0 Å². The Bertz CT molecular complexity index is 710. The molecule has 0 aliphatic heterocycles. The normalized spacial score (nSPS) is 16.1. The number of rotatable bonds is 4. The van der Waals surface area contributed by atoms with Crippen LogP contribution in [-0.4, -0.2) is 38.0 Å². The lowest BCUT2D eigenvalue weighted by atomic mass is 9.80. The average molecular weight is 305 g/mol. The molecule has 3 rings (SSSR count). The summed E-state index contributed by atoms with van der Waals surface area (Å²) < 4.78 is 14.8. The van der Waals surface area contributed by atoms with Crippen LogP contribution < -0.4 is 5.32 Å². The van der Waals surface area contributed by atoms with Crippen LogP contribution in [0.2, 0.25) is 0 Å². The third-order valence-corrected chi connectivity index (χ3v) is 3.87. The van der Waals surface area contributed by atoms with E-state index in [4.69, 9.17) is 0 Å². The Balaban J connectivity index is 1.77. The molecule has 116 valence electrons. The molecular weight excluding hydrogens is 289 g/mol. The highest BCUT2D eigenvalue weighted by Gasteiger charge is 2.35. The van der Waals surface area contributed by atoms with E-state index in [1.54, 1.807) is 6.07 Å². The van der Waals surface area contributed by atoms with Crippen molar-refractivity contribution in [1.29, 1.82) is 0 Å². The van der Waals surface area contributed by atoms with Crippen LogP contribution in [0.15, 0.2) is 30.5 Å². The summed E-state index contributed by atoms with van der Waals surface area (Å²) in [7, 11) is 0. The molecule has 1 aromatic carbocycles. The Labute approximate surface area is 126 Å². The Morgan fingerprint density at radius 1 is 1.41 bits per heavy atom. The molecule has 1 fully saturated rings. The lowest BCUT2D eigenvalue weighted by Crippen LogP contribution is -2.47. The number of para-hydroxylation sites is 1. The van der Waals surface area contributed by atoms with E-state index in [9.17, 15) is 19.4 Å². The molecular formula is C15H16FN3O3. The van der Waals surface area contributed by atoms with Gasteiger partial charge in [-0.3, -0.25) is 4.79 Å². The first-order valence-electron chi connectivity index (χ1n) is 7.03. The van der Waals surface area contributed by atoms with Gasteiger partial charge in [0, 0.05) is 6.54 Å². The molecule has 0 spiro atoms. The summed E-state index contributed by atoms with van der Waals surface area (Å²) in [5.41, 5.74) is -0.931. The standard InChI is InChI=1S/C15H16FN3O3/c16-10-4-1-2-5-11(10)19-8-12(20)13(18-19)14(21)17-9-15(22)6-3-7-15/h1-2,4-5,8,20,22H,3,6-7,9H2,(H,17,21). The van der Waals surface area contributed by atoms with Crippen molar-refractivity contribution in [3.8, 4) is 11.4 Å². The fraction of sp³-hybridized carbons (Fsp3) is 0.333. The number of carbonyl (C=O) groups is 1. The van der Waals surface area contributed by atoms with Crippen molar-refractivity contribution < 1.29 is 19.4 Å². The number of carbonyl (C=O) groups excluding carboxylic acids is 1. The van der Waals surface area contributed by atoms with Gasteiger partial charge < -0.3 is 15.5 Å². The predicted molar refractivity (Wildman–Crippen MR) is 76.3 cm³/mol. The quantitative estimate of drug-likeness (QED) is 0.796. The molecule has 6 nitrogen and oxygen atoms in total. The molecule has 1 aromatic heterocycles. The number of hydrogen-bond donors (Lipinski definition) is 3.